The highest BCUT2D eigenvalue weighted by Crippen LogP contribution is 2.26. The molecular weight excluding hydrogens is 391 g/mol. The van der Waals surface area contributed by atoms with Crippen molar-refractivity contribution >= 4 is 29.1 Å². The van der Waals surface area contributed by atoms with E-state index in [9.17, 15) is 14.3 Å². The number of carbonyl (C=O) groups is 1. The second-order valence-electron chi connectivity index (χ2n) is 6.55. The van der Waals surface area contributed by atoms with E-state index in [1.165, 1.54) is 19.2 Å². The lowest BCUT2D eigenvalue weighted by Gasteiger charge is -2.12. The summed E-state index contributed by atoms with van der Waals surface area (Å²) < 4.78 is 24.8. The number of nitrogens with zero attached hydrogens (tertiary/aromatic N) is 2. The van der Waals surface area contributed by atoms with Crippen LogP contribution in [0.4, 0.5) is 27.5 Å². The second kappa shape index (κ2) is 9.08. The SMILES string of the molecule is COc1ccc(Nc2ncc(F)c(Nc3ccc(OC(C)C)cc3)n2)cc1C(=O)O. The van der Waals surface area contributed by atoms with Crippen molar-refractivity contribution in [1.29, 1.82) is 0 Å². The average Bonchev–Trinajstić information content (AvgIpc) is 2.71. The summed E-state index contributed by atoms with van der Waals surface area (Å²) >= 11 is 0. The molecule has 0 radical (unpaired) electrons. The number of nitrogens with one attached hydrogen (secondary N) is 2. The maximum atomic E-state index is 14.2. The number of hydrogen-bond donors (Lipinski definition) is 3. The molecule has 3 aromatic rings. The van der Waals surface area contributed by atoms with Crippen molar-refractivity contribution in [1.82, 2.24) is 9.97 Å². The lowest BCUT2D eigenvalue weighted by molar-refractivity contribution is 0.0693. The van der Waals surface area contributed by atoms with Crippen LogP contribution in [0.5, 0.6) is 11.5 Å². The molecule has 0 bridgehead atoms. The first-order valence-corrected chi connectivity index (χ1v) is 9.10. The first-order valence-electron chi connectivity index (χ1n) is 9.10. The highest BCUT2D eigenvalue weighted by molar-refractivity contribution is 5.92. The van der Waals surface area contributed by atoms with Gasteiger partial charge in [0, 0.05) is 11.4 Å². The van der Waals surface area contributed by atoms with Crippen molar-refractivity contribution in [2.75, 3.05) is 17.7 Å². The Balaban J connectivity index is 1.78. The molecular formula is C21H21FN4O4. The molecule has 30 heavy (non-hydrogen) atoms. The molecule has 9 heteroatoms. The topological polar surface area (TPSA) is 106 Å². The van der Waals surface area contributed by atoms with E-state index in [2.05, 4.69) is 20.6 Å². The molecule has 1 heterocycles. The van der Waals surface area contributed by atoms with Gasteiger partial charge in [-0.1, -0.05) is 0 Å². The fourth-order valence-electron chi connectivity index (χ4n) is 2.62. The maximum absolute atomic E-state index is 14.2. The fraction of sp³-hybridized carbons (Fsp3) is 0.190. The number of aromatic nitrogens is 2. The number of hydrogen-bond acceptors (Lipinski definition) is 7. The largest absolute Gasteiger partial charge is 0.496 e. The van der Waals surface area contributed by atoms with Crippen molar-refractivity contribution in [2.45, 2.75) is 20.0 Å². The van der Waals surface area contributed by atoms with E-state index in [0.29, 0.717) is 17.1 Å². The van der Waals surface area contributed by atoms with Gasteiger partial charge in [0.05, 0.1) is 19.4 Å². The van der Waals surface area contributed by atoms with Crippen LogP contribution in [-0.2, 0) is 0 Å². The summed E-state index contributed by atoms with van der Waals surface area (Å²) in [6.07, 6.45) is 1.08. The van der Waals surface area contributed by atoms with Gasteiger partial charge in [-0.05, 0) is 56.3 Å². The summed E-state index contributed by atoms with van der Waals surface area (Å²) in [6.45, 7) is 3.86. The minimum atomic E-state index is -1.14. The van der Waals surface area contributed by atoms with Gasteiger partial charge in [0.15, 0.2) is 11.6 Å². The standard InChI is InChI=1S/C21H21FN4O4/c1-12(2)30-15-7-4-13(5-8-15)24-19-17(22)11-23-21(26-19)25-14-6-9-18(29-3)16(10-14)20(27)28/h4-12H,1-3H3,(H,27,28)(H2,23,24,25,26). The molecule has 3 N–H and O–H groups in total. The van der Waals surface area contributed by atoms with Crippen LogP contribution in [0.25, 0.3) is 0 Å². The zero-order valence-corrected chi connectivity index (χ0v) is 16.6. The Morgan fingerprint density at radius 1 is 1.10 bits per heavy atom. The van der Waals surface area contributed by atoms with Crippen LogP contribution in [0.2, 0.25) is 0 Å². The van der Waals surface area contributed by atoms with Gasteiger partial charge < -0.3 is 25.2 Å². The number of carboxylic acids is 1. The molecule has 0 saturated heterocycles. The van der Waals surface area contributed by atoms with Crippen molar-refractivity contribution in [3.8, 4) is 11.5 Å². The third-order valence-electron chi connectivity index (χ3n) is 3.92. The summed E-state index contributed by atoms with van der Waals surface area (Å²) in [5.41, 5.74) is 1.01. The Bertz CT molecular complexity index is 1040. The van der Waals surface area contributed by atoms with E-state index in [1.54, 1.807) is 30.3 Å². The van der Waals surface area contributed by atoms with Gasteiger partial charge in [0.2, 0.25) is 5.95 Å². The molecule has 2 aromatic carbocycles. The summed E-state index contributed by atoms with van der Waals surface area (Å²) in [7, 11) is 1.39. The molecule has 0 saturated carbocycles. The monoisotopic (exact) mass is 412 g/mol. The molecule has 0 aliphatic carbocycles. The van der Waals surface area contributed by atoms with Crippen molar-refractivity contribution in [3.63, 3.8) is 0 Å². The fourth-order valence-corrected chi connectivity index (χ4v) is 2.62. The number of ether oxygens (including phenoxy) is 2. The molecule has 0 atom stereocenters. The zero-order valence-electron chi connectivity index (χ0n) is 16.6. The molecule has 0 aliphatic rings. The van der Waals surface area contributed by atoms with Gasteiger partial charge in [-0.25, -0.2) is 14.2 Å². The summed E-state index contributed by atoms with van der Waals surface area (Å²) in [6, 6.07) is 11.5. The number of anilines is 4. The molecule has 0 aliphatic heterocycles. The predicted molar refractivity (Wildman–Crippen MR) is 111 cm³/mol. The predicted octanol–water partition coefficient (Wildman–Crippen LogP) is 4.60. The van der Waals surface area contributed by atoms with Gasteiger partial charge in [0.25, 0.3) is 0 Å². The molecule has 0 unspecified atom stereocenters. The normalized spacial score (nSPS) is 10.6. The Kier molecular flexibility index (Phi) is 6.31. The highest BCUT2D eigenvalue weighted by Gasteiger charge is 2.13. The molecule has 0 spiro atoms. The highest BCUT2D eigenvalue weighted by atomic mass is 19.1. The molecule has 156 valence electrons. The molecule has 0 amide bonds. The molecule has 1 aromatic heterocycles. The van der Waals surface area contributed by atoms with E-state index in [0.717, 1.165) is 6.20 Å². The van der Waals surface area contributed by atoms with E-state index in [4.69, 9.17) is 9.47 Å². The maximum Gasteiger partial charge on any atom is 0.339 e. The number of aromatic carboxylic acids is 1. The van der Waals surface area contributed by atoms with Crippen molar-refractivity contribution < 1.29 is 23.8 Å². The number of halogens is 1. The van der Waals surface area contributed by atoms with E-state index in [-0.39, 0.29) is 29.2 Å². The molecule has 0 fully saturated rings. The van der Waals surface area contributed by atoms with Gasteiger partial charge in [-0.3, -0.25) is 0 Å². The number of methoxy groups -OCH3 is 1. The van der Waals surface area contributed by atoms with Gasteiger partial charge in [-0.15, -0.1) is 0 Å². The summed E-state index contributed by atoms with van der Waals surface area (Å²) in [5.74, 6) is -0.779. The number of benzene rings is 2. The number of rotatable bonds is 8. The third-order valence-corrected chi connectivity index (χ3v) is 3.92. The van der Waals surface area contributed by atoms with E-state index in [1.807, 2.05) is 13.8 Å². The van der Waals surface area contributed by atoms with Crippen LogP contribution in [0.15, 0.2) is 48.7 Å². The van der Waals surface area contributed by atoms with Crippen molar-refractivity contribution in [3.05, 3.63) is 60.0 Å². The minimum absolute atomic E-state index is 0.0216. The van der Waals surface area contributed by atoms with Gasteiger partial charge in [-0.2, -0.15) is 4.98 Å². The van der Waals surface area contributed by atoms with E-state index >= 15 is 0 Å². The lowest BCUT2D eigenvalue weighted by atomic mass is 10.2. The van der Waals surface area contributed by atoms with Gasteiger partial charge in [0.1, 0.15) is 17.1 Å². The Hall–Kier alpha value is -3.88. The van der Waals surface area contributed by atoms with Crippen LogP contribution in [0, 0.1) is 5.82 Å². The van der Waals surface area contributed by atoms with Crippen LogP contribution in [0.1, 0.15) is 24.2 Å². The molecule has 8 nitrogen and oxygen atoms in total. The van der Waals surface area contributed by atoms with Gasteiger partial charge >= 0.3 is 5.97 Å². The quantitative estimate of drug-likeness (QED) is 0.493. The van der Waals surface area contributed by atoms with Crippen LogP contribution in [-0.4, -0.2) is 34.3 Å². The van der Waals surface area contributed by atoms with Crippen LogP contribution >= 0.6 is 0 Å². The van der Waals surface area contributed by atoms with Crippen molar-refractivity contribution in [2.24, 2.45) is 0 Å². The Morgan fingerprint density at radius 3 is 2.43 bits per heavy atom. The average molecular weight is 412 g/mol. The van der Waals surface area contributed by atoms with Crippen LogP contribution in [0.3, 0.4) is 0 Å². The number of carboxylic acid groups (broad SMARTS) is 1. The Labute approximate surface area is 172 Å². The summed E-state index contributed by atoms with van der Waals surface area (Å²) in [4.78, 5) is 19.4. The zero-order chi connectivity index (χ0) is 21.7. The minimum Gasteiger partial charge on any atom is -0.496 e. The van der Waals surface area contributed by atoms with Crippen LogP contribution < -0.4 is 20.1 Å². The second-order valence-corrected chi connectivity index (χ2v) is 6.55. The lowest BCUT2D eigenvalue weighted by Crippen LogP contribution is -2.06. The first-order chi connectivity index (χ1) is 14.4. The molecule has 3 rings (SSSR count). The first kappa shape index (κ1) is 20.8. The smallest absolute Gasteiger partial charge is 0.339 e. The third kappa shape index (κ3) is 5.13. The van der Waals surface area contributed by atoms with E-state index < -0.39 is 11.8 Å². The summed E-state index contributed by atoms with van der Waals surface area (Å²) in [5, 5.41) is 15.0. The Morgan fingerprint density at radius 2 is 1.80 bits per heavy atom.